The van der Waals surface area contributed by atoms with Gasteiger partial charge in [-0.25, -0.2) is 4.79 Å². The number of rotatable bonds is 5. The molecule has 0 aliphatic heterocycles. The van der Waals surface area contributed by atoms with Gasteiger partial charge in [-0.15, -0.1) is 0 Å². The lowest BCUT2D eigenvalue weighted by Crippen LogP contribution is -2.06. The molecule has 5 heteroatoms. The maximum atomic E-state index is 10.6. The lowest BCUT2D eigenvalue weighted by molar-refractivity contribution is -0.139. The zero-order valence-corrected chi connectivity index (χ0v) is 8.32. The standard InChI is InChI=1S/C9H14O5/c1-3-12-9(11)14-7-5-4-6-13-8(2)10/h4-5H,3,6-7H2,1-2H3/b5-4-. The Kier molecular flexibility index (Phi) is 7.22. The quantitative estimate of drug-likeness (QED) is 0.496. The highest BCUT2D eigenvalue weighted by atomic mass is 16.7. The molecular weight excluding hydrogens is 188 g/mol. The van der Waals surface area contributed by atoms with E-state index in [0.29, 0.717) is 0 Å². The van der Waals surface area contributed by atoms with Crippen LogP contribution in [0.1, 0.15) is 13.8 Å². The molecule has 0 rings (SSSR count). The lowest BCUT2D eigenvalue weighted by Gasteiger charge is -2.00. The van der Waals surface area contributed by atoms with Gasteiger partial charge in [0, 0.05) is 6.92 Å². The number of hydrogen-bond donors (Lipinski definition) is 0. The van der Waals surface area contributed by atoms with Crippen molar-refractivity contribution in [3.63, 3.8) is 0 Å². The van der Waals surface area contributed by atoms with Gasteiger partial charge in [0.15, 0.2) is 0 Å². The van der Waals surface area contributed by atoms with Crippen LogP contribution in [0.25, 0.3) is 0 Å². The van der Waals surface area contributed by atoms with Crippen LogP contribution in [0.4, 0.5) is 4.79 Å². The highest BCUT2D eigenvalue weighted by molar-refractivity contribution is 5.66. The summed E-state index contributed by atoms with van der Waals surface area (Å²) in [7, 11) is 0. The van der Waals surface area contributed by atoms with Crippen LogP contribution < -0.4 is 0 Å². The first-order chi connectivity index (χ1) is 6.66. The van der Waals surface area contributed by atoms with Gasteiger partial charge in [-0.1, -0.05) is 0 Å². The van der Waals surface area contributed by atoms with Crippen LogP contribution in [0.5, 0.6) is 0 Å². The van der Waals surface area contributed by atoms with Crippen molar-refractivity contribution in [2.45, 2.75) is 13.8 Å². The summed E-state index contributed by atoms with van der Waals surface area (Å²) < 4.78 is 13.7. The fraction of sp³-hybridized carbons (Fsp3) is 0.556. The van der Waals surface area contributed by atoms with Crippen molar-refractivity contribution in [1.82, 2.24) is 0 Å². The third-order valence-corrected chi connectivity index (χ3v) is 1.11. The highest BCUT2D eigenvalue weighted by Gasteiger charge is 1.97. The number of carbonyl (C=O) groups is 2. The number of carbonyl (C=O) groups excluding carboxylic acids is 2. The Bertz CT molecular complexity index is 209. The molecule has 0 aromatic rings. The molecule has 0 atom stereocenters. The van der Waals surface area contributed by atoms with E-state index in [1.54, 1.807) is 19.1 Å². The molecule has 5 nitrogen and oxygen atoms in total. The van der Waals surface area contributed by atoms with Gasteiger partial charge >= 0.3 is 12.1 Å². The van der Waals surface area contributed by atoms with Crippen molar-refractivity contribution in [3.05, 3.63) is 12.2 Å². The number of esters is 1. The van der Waals surface area contributed by atoms with Gasteiger partial charge in [0.25, 0.3) is 0 Å². The average molecular weight is 202 g/mol. The monoisotopic (exact) mass is 202 g/mol. The van der Waals surface area contributed by atoms with Crippen LogP contribution in [0.3, 0.4) is 0 Å². The predicted octanol–water partition coefficient (Wildman–Crippen LogP) is 1.28. The van der Waals surface area contributed by atoms with Gasteiger partial charge in [0.1, 0.15) is 13.2 Å². The van der Waals surface area contributed by atoms with E-state index in [2.05, 4.69) is 14.2 Å². The van der Waals surface area contributed by atoms with Gasteiger partial charge in [-0.3, -0.25) is 4.79 Å². The molecule has 0 aromatic heterocycles. The molecule has 0 saturated heterocycles. The molecule has 14 heavy (non-hydrogen) atoms. The summed E-state index contributed by atoms with van der Waals surface area (Å²) in [6.45, 7) is 3.60. The fourth-order valence-electron chi connectivity index (χ4n) is 0.577. The summed E-state index contributed by atoms with van der Waals surface area (Å²) in [5, 5.41) is 0. The first kappa shape index (κ1) is 12.5. The van der Waals surface area contributed by atoms with E-state index in [9.17, 15) is 9.59 Å². The molecular formula is C9H14O5. The zero-order chi connectivity index (χ0) is 10.8. The molecule has 0 spiro atoms. The van der Waals surface area contributed by atoms with E-state index in [-0.39, 0.29) is 25.8 Å². The first-order valence-electron chi connectivity index (χ1n) is 4.24. The second-order valence-electron chi connectivity index (χ2n) is 2.27. The number of ether oxygens (including phenoxy) is 3. The molecule has 0 N–H and O–H groups in total. The lowest BCUT2D eigenvalue weighted by atomic mass is 10.5. The summed E-state index contributed by atoms with van der Waals surface area (Å²) in [5.74, 6) is -0.346. The van der Waals surface area contributed by atoms with Crippen LogP contribution in [0.2, 0.25) is 0 Å². The molecule has 80 valence electrons. The van der Waals surface area contributed by atoms with Gasteiger partial charge in [-0.2, -0.15) is 0 Å². The average Bonchev–Trinajstić information content (AvgIpc) is 2.11. The maximum absolute atomic E-state index is 10.6. The molecule has 0 aliphatic carbocycles. The van der Waals surface area contributed by atoms with Gasteiger partial charge in [0.05, 0.1) is 6.61 Å². The van der Waals surface area contributed by atoms with Crippen molar-refractivity contribution in [2.24, 2.45) is 0 Å². The summed E-state index contributed by atoms with van der Waals surface area (Å²) >= 11 is 0. The van der Waals surface area contributed by atoms with Crippen molar-refractivity contribution in [3.8, 4) is 0 Å². The molecule has 0 aliphatic rings. The van der Waals surface area contributed by atoms with Gasteiger partial charge in [-0.05, 0) is 19.1 Å². The van der Waals surface area contributed by atoms with E-state index >= 15 is 0 Å². The van der Waals surface area contributed by atoms with E-state index < -0.39 is 6.16 Å². The highest BCUT2D eigenvalue weighted by Crippen LogP contribution is 1.86. The van der Waals surface area contributed by atoms with Gasteiger partial charge in [0.2, 0.25) is 0 Å². The topological polar surface area (TPSA) is 61.8 Å². The normalized spacial score (nSPS) is 9.86. The first-order valence-corrected chi connectivity index (χ1v) is 4.24. The van der Waals surface area contributed by atoms with Crippen molar-refractivity contribution < 1.29 is 23.8 Å². The predicted molar refractivity (Wildman–Crippen MR) is 48.7 cm³/mol. The SMILES string of the molecule is CCOC(=O)OC/C=C\COC(C)=O. The molecule has 0 bridgehead atoms. The second-order valence-corrected chi connectivity index (χ2v) is 2.27. The molecule has 0 radical (unpaired) electrons. The van der Waals surface area contributed by atoms with Gasteiger partial charge < -0.3 is 14.2 Å². The molecule has 0 fully saturated rings. The van der Waals surface area contributed by atoms with Crippen molar-refractivity contribution >= 4 is 12.1 Å². The zero-order valence-electron chi connectivity index (χ0n) is 8.32. The van der Waals surface area contributed by atoms with E-state index in [1.165, 1.54) is 6.92 Å². The van der Waals surface area contributed by atoms with E-state index in [0.717, 1.165) is 0 Å². The minimum atomic E-state index is -0.704. The van der Waals surface area contributed by atoms with Crippen LogP contribution in [-0.2, 0) is 19.0 Å². The third-order valence-electron chi connectivity index (χ3n) is 1.11. The minimum Gasteiger partial charge on any atom is -0.462 e. The van der Waals surface area contributed by atoms with E-state index in [1.807, 2.05) is 0 Å². The Labute approximate surface area is 82.6 Å². The van der Waals surface area contributed by atoms with Crippen LogP contribution >= 0.6 is 0 Å². The minimum absolute atomic E-state index is 0.111. The largest absolute Gasteiger partial charge is 0.508 e. The Morgan fingerprint density at radius 2 is 1.64 bits per heavy atom. The van der Waals surface area contributed by atoms with Crippen LogP contribution in [0, 0.1) is 0 Å². The Morgan fingerprint density at radius 1 is 1.07 bits per heavy atom. The summed E-state index contributed by atoms with van der Waals surface area (Å²) in [6.07, 6.45) is 2.45. The number of hydrogen-bond acceptors (Lipinski definition) is 5. The Hall–Kier alpha value is -1.52. The molecule has 0 aromatic carbocycles. The van der Waals surface area contributed by atoms with Crippen molar-refractivity contribution in [1.29, 1.82) is 0 Å². The molecule has 0 amide bonds. The fourth-order valence-corrected chi connectivity index (χ4v) is 0.577. The maximum Gasteiger partial charge on any atom is 0.508 e. The summed E-state index contributed by atoms with van der Waals surface area (Å²) in [6, 6.07) is 0. The Balaban J connectivity index is 3.35. The van der Waals surface area contributed by atoms with Crippen LogP contribution in [-0.4, -0.2) is 31.9 Å². The smallest absolute Gasteiger partial charge is 0.462 e. The molecule has 0 saturated carbocycles. The summed E-state index contributed by atoms with van der Waals surface area (Å²) in [4.78, 5) is 20.9. The third kappa shape index (κ3) is 8.58. The molecule has 0 heterocycles. The molecule has 0 unspecified atom stereocenters. The van der Waals surface area contributed by atoms with Crippen LogP contribution in [0.15, 0.2) is 12.2 Å². The summed E-state index contributed by atoms with van der Waals surface area (Å²) in [5.41, 5.74) is 0. The van der Waals surface area contributed by atoms with Crippen molar-refractivity contribution in [2.75, 3.05) is 19.8 Å². The Morgan fingerprint density at radius 3 is 2.14 bits per heavy atom. The van der Waals surface area contributed by atoms with E-state index in [4.69, 9.17) is 0 Å². The second kappa shape index (κ2) is 8.10.